The summed E-state index contributed by atoms with van der Waals surface area (Å²) in [7, 11) is -3.57. The monoisotopic (exact) mass is 233 g/mol. The van der Waals surface area contributed by atoms with Crippen molar-refractivity contribution in [3.63, 3.8) is 0 Å². The highest BCUT2D eigenvalue weighted by atomic mass is 32.2. The zero-order valence-electron chi connectivity index (χ0n) is 9.40. The Morgan fingerprint density at radius 2 is 2.00 bits per heavy atom. The van der Waals surface area contributed by atoms with Gasteiger partial charge in [-0.3, -0.25) is 0 Å². The lowest BCUT2D eigenvalue weighted by Gasteiger charge is -2.21. The second-order valence-corrected chi connectivity index (χ2v) is 5.67. The maximum atomic E-state index is 11.7. The Hall–Kier alpha value is -0.640. The third-order valence-electron chi connectivity index (χ3n) is 2.26. The molecule has 0 aromatic rings. The molecule has 0 bridgehead atoms. The van der Waals surface area contributed by atoms with E-state index in [1.54, 1.807) is 13.0 Å². The highest BCUT2D eigenvalue weighted by Gasteiger charge is 2.27. The number of hydrogen-bond donors (Lipinski definition) is 2. The van der Waals surface area contributed by atoms with E-state index in [1.807, 2.05) is 13.8 Å². The van der Waals surface area contributed by atoms with Crippen molar-refractivity contribution < 1.29 is 8.42 Å². The fourth-order valence-corrected chi connectivity index (χ4v) is 2.66. The predicted molar refractivity (Wildman–Crippen MR) is 59.4 cm³/mol. The molecule has 2 unspecified atom stereocenters. The molecule has 0 saturated heterocycles. The average molecular weight is 233 g/mol. The summed E-state index contributed by atoms with van der Waals surface area (Å²) in [6.45, 7) is 5.67. The Morgan fingerprint density at radius 1 is 1.47 bits per heavy atom. The van der Waals surface area contributed by atoms with Gasteiger partial charge >= 0.3 is 0 Å². The molecule has 0 saturated carbocycles. The topological polar surface area (TPSA) is 96.0 Å². The molecular weight excluding hydrogens is 214 g/mol. The Morgan fingerprint density at radius 3 is 2.27 bits per heavy atom. The van der Waals surface area contributed by atoms with Crippen LogP contribution in [0.4, 0.5) is 0 Å². The van der Waals surface area contributed by atoms with Crippen LogP contribution in [0.15, 0.2) is 0 Å². The van der Waals surface area contributed by atoms with E-state index in [9.17, 15) is 8.42 Å². The molecule has 0 heterocycles. The van der Waals surface area contributed by atoms with Gasteiger partial charge in [0, 0.05) is 12.6 Å². The fourth-order valence-electron chi connectivity index (χ4n) is 1.13. The van der Waals surface area contributed by atoms with Crippen LogP contribution in [0, 0.1) is 17.2 Å². The molecule has 0 aliphatic rings. The molecule has 0 aromatic carbocycles. The first kappa shape index (κ1) is 14.4. The van der Waals surface area contributed by atoms with Gasteiger partial charge in [-0.2, -0.15) is 5.26 Å². The summed E-state index contributed by atoms with van der Waals surface area (Å²) in [5.74, 6) is 0.112. The van der Waals surface area contributed by atoms with Crippen molar-refractivity contribution >= 4 is 10.0 Å². The maximum absolute atomic E-state index is 11.7. The predicted octanol–water partition coefficient (Wildman–Crippen LogP) is 0.191. The van der Waals surface area contributed by atoms with E-state index < -0.39 is 15.3 Å². The molecule has 88 valence electrons. The van der Waals surface area contributed by atoms with Crippen molar-refractivity contribution in [2.24, 2.45) is 11.7 Å². The number of sulfonamides is 1. The second kappa shape index (κ2) is 6.05. The molecular formula is C9H19N3O2S. The smallest absolute Gasteiger partial charge is 0.228 e. The molecule has 0 aliphatic heterocycles. The average Bonchev–Trinajstić information content (AvgIpc) is 2.15. The first-order valence-corrected chi connectivity index (χ1v) is 6.54. The Kier molecular flexibility index (Phi) is 5.80. The van der Waals surface area contributed by atoms with E-state index in [1.165, 1.54) is 0 Å². The van der Waals surface area contributed by atoms with Gasteiger partial charge in [-0.05, 0) is 12.3 Å². The van der Waals surface area contributed by atoms with Crippen molar-refractivity contribution in [2.45, 2.75) is 38.5 Å². The summed E-state index contributed by atoms with van der Waals surface area (Å²) in [6, 6.07) is 1.46. The molecule has 5 nitrogen and oxygen atoms in total. The molecule has 0 aromatic heterocycles. The van der Waals surface area contributed by atoms with Crippen molar-refractivity contribution in [3.8, 4) is 6.07 Å². The summed E-state index contributed by atoms with van der Waals surface area (Å²) < 4.78 is 25.8. The van der Waals surface area contributed by atoms with Crippen molar-refractivity contribution in [1.29, 1.82) is 5.26 Å². The molecule has 0 aliphatic carbocycles. The first-order chi connectivity index (χ1) is 6.88. The molecule has 0 fully saturated rings. The van der Waals surface area contributed by atoms with Crippen LogP contribution >= 0.6 is 0 Å². The summed E-state index contributed by atoms with van der Waals surface area (Å²) in [5.41, 5.74) is 5.45. The van der Waals surface area contributed by atoms with E-state index in [0.29, 0.717) is 0 Å². The number of nitrogens with two attached hydrogens (primary N) is 1. The van der Waals surface area contributed by atoms with E-state index in [2.05, 4.69) is 4.72 Å². The van der Waals surface area contributed by atoms with Crippen LogP contribution in [0.2, 0.25) is 0 Å². The molecule has 0 spiro atoms. The molecule has 3 N–H and O–H groups in total. The van der Waals surface area contributed by atoms with Crippen LogP contribution in [-0.2, 0) is 10.0 Å². The second-order valence-electron chi connectivity index (χ2n) is 3.78. The van der Waals surface area contributed by atoms with E-state index in [0.717, 1.165) is 0 Å². The summed E-state index contributed by atoms with van der Waals surface area (Å²) in [4.78, 5) is 0. The van der Waals surface area contributed by atoms with Crippen LogP contribution < -0.4 is 10.5 Å². The number of rotatable bonds is 6. The quantitative estimate of drug-likeness (QED) is 0.684. The zero-order valence-corrected chi connectivity index (χ0v) is 10.2. The van der Waals surface area contributed by atoms with Crippen molar-refractivity contribution in [3.05, 3.63) is 0 Å². The Bertz CT molecular complexity index is 319. The van der Waals surface area contributed by atoms with Gasteiger partial charge in [-0.25, -0.2) is 13.1 Å². The Balaban J connectivity index is 4.70. The molecule has 0 radical (unpaired) electrons. The molecule has 0 rings (SSSR count). The lowest BCUT2D eigenvalue weighted by Crippen LogP contribution is -2.46. The molecule has 15 heavy (non-hydrogen) atoms. The van der Waals surface area contributed by atoms with Gasteiger partial charge in [0.2, 0.25) is 10.0 Å². The van der Waals surface area contributed by atoms with E-state index >= 15 is 0 Å². The minimum absolute atomic E-state index is 0.112. The van der Waals surface area contributed by atoms with E-state index in [-0.39, 0.29) is 24.9 Å². The standard InChI is InChI=1S/C9H19N3O2S/c1-4-8(5-10)15(13,14)12-9(6-11)7(2)3/h7-9,12H,4,6,11H2,1-3H3. The zero-order chi connectivity index (χ0) is 12.1. The minimum atomic E-state index is -3.57. The minimum Gasteiger partial charge on any atom is -0.329 e. The van der Waals surface area contributed by atoms with Crippen LogP contribution in [-0.4, -0.2) is 26.3 Å². The largest absolute Gasteiger partial charge is 0.329 e. The molecule has 0 amide bonds. The van der Waals surface area contributed by atoms with Crippen molar-refractivity contribution in [1.82, 2.24) is 4.72 Å². The van der Waals surface area contributed by atoms with E-state index in [4.69, 9.17) is 11.0 Å². The highest BCUT2D eigenvalue weighted by molar-refractivity contribution is 7.90. The molecule has 2 atom stereocenters. The number of hydrogen-bond acceptors (Lipinski definition) is 4. The lowest BCUT2D eigenvalue weighted by molar-refractivity contribution is 0.452. The fraction of sp³-hybridized carbons (Fsp3) is 0.889. The summed E-state index contributed by atoms with van der Waals surface area (Å²) in [6.07, 6.45) is 0.279. The van der Waals surface area contributed by atoms with Gasteiger partial charge in [0.15, 0.2) is 5.25 Å². The van der Waals surface area contributed by atoms with Gasteiger partial charge in [0.1, 0.15) is 0 Å². The van der Waals surface area contributed by atoms with Gasteiger partial charge in [-0.1, -0.05) is 20.8 Å². The number of nitriles is 1. The highest BCUT2D eigenvalue weighted by Crippen LogP contribution is 2.07. The lowest BCUT2D eigenvalue weighted by atomic mass is 10.1. The Labute approximate surface area is 91.7 Å². The number of nitrogens with one attached hydrogen (secondary N) is 1. The maximum Gasteiger partial charge on any atom is 0.228 e. The normalized spacial score (nSPS) is 16.0. The van der Waals surface area contributed by atoms with Crippen LogP contribution in [0.5, 0.6) is 0 Å². The van der Waals surface area contributed by atoms with Crippen LogP contribution in [0.3, 0.4) is 0 Å². The summed E-state index contributed by atoms with van der Waals surface area (Å²) >= 11 is 0. The van der Waals surface area contributed by atoms with Gasteiger partial charge < -0.3 is 5.73 Å². The van der Waals surface area contributed by atoms with Crippen LogP contribution in [0.25, 0.3) is 0 Å². The third-order valence-corrected chi connectivity index (χ3v) is 4.08. The van der Waals surface area contributed by atoms with Gasteiger partial charge in [0.25, 0.3) is 0 Å². The summed E-state index contributed by atoms with van der Waals surface area (Å²) in [5, 5.41) is 7.69. The SMILES string of the molecule is CCC(C#N)S(=O)(=O)NC(CN)C(C)C. The van der Waals surface area contributed by atoms with Gasteiger partial charge in [-0.15, -0.1) is 0 Å². The first-order valence-electron chi connectivity index (χ1n) is 4.99. The van der Waals surface area contributed by atoms with Crippen molar-refractivity contribution in [2.75, 3.05) is 6.54 Å². The third kappa shape index (κ3) is 4.16. The molecule has 6 heteroatoms. The van der Waals surface area contributed by atoms with Crippen LogP contribution in [0.1, 0.15) is 27.2 Å². The number of nitrogens with zero attached hydrogens (tertiary/aromatic N) is 1. The van der Waals surface area contributed by atoms with Gasteiger partial charge in [0.05, 0.1) is 6.07 Å².